The number of ether oxygens (including phenoxy) is 2. The van der Waals surface area contributed by atoms with Crippen molar-refractivity contribution < 1.29 is 29.0 Å². The SMILES string of the molecule is C=CCOc1ccc(/C(O)=C2\C(=O)C(=O)N(c3nc(C)c(C(=O)OCC)s3)[C@H]2c2cccnc2)cc1. The number of aromatic nitrogens is 2. The van der Waals surface area contributed by atoms with Gasteiger partial charge in [0.2, 0.25) is 0 Å². The zero-order valence-electron chi connectivity index (χ0n) is 19.6. The van der Waals surface area contributed by atoms with Crippen molar-refractivity contribution in [2.24, 2.45) is 0 Å². The van der Waals surface area contributed by atoms with Crippen LogP contribution in [0.2, 0.25) is 0 Å². The molecule has 1 amide bonds. The summed E-state index contributed by atoms with van der Waals surface area (Å²) in [7, 11) is 0. The van der Waals surface area contributed by atoms with E-state index in [0.29, 0.717) is 29.2 Å². The quantitative estimate of drug-likeness (QED) is 0.159. The van der Waals surface area contributed by atoms with Gasteiger partial charge in [-0.1, -0.05) is 30.1 Å². The monoisotopic (exact) mass is 505 g/mol. The minimum Gasteiger partial charge on any atom is -0.507 e. The van der Waals surface area contributed by atoms with E-state index >= 15 is 0 Å². The molecule has 0 unspecified atom stereocenters. The molecule has 0 radical (unpaired) electrons. The predicted octanol–water partition coefficient (Wildman–Crippen LogP) is 4.21. The molecule has 4 rings (SSSR count). The molecule has 1 atom stereocenters. The van der Waals surface area contributed by atoms with Crippen LogP contribution in [0, 0.1) is 6.92 Å². The number of nitrogens with zero attached hydrogens (tertiary/aromatic N) is 3. The number of benzene rings is 1. The Morgan fingerprint density at radius 3 is 2.64 bits per heavy atom. The summed E-state index contributed by atoms with van der Waals surface area (Å²) < 4.78 is 10.6. The van der Waals surface area contributed by atoms with Crippen LogP contribution in [0.4, 0.5) is 5.13 Å². The van der Waals surface area contributed by atoms with E-state index < -0.39 is 23.7 Å². The maximum Gasteiger partial charge on any atom is 0.350 e. The molecule has 0 bridgehead atoms. The van der Waals surface area contributed by atoms with Crippen LogP contribution in [-0.4, -0.2) is 45.9 Å². The molecular formula is C26H23N3O6S. The van der Waals surface area contributed by atoms with Crippen molar-refractivity contribution in [1.82, 2.24) is 9.97 Å². The lowest BCUT2D eigenvalue weighted by molar-refractivity contribution is -0.132. The third kappa shape index (κ3) is 4.63. The molecule has 3 aromatic rings. The molecule has 1 fully saturated rings. The maximum atomic E-state index is 13.3. The van der Waals surface area contributed by atoms with Crippen molar-refractivity contribution >= 4 is 39.9 Å². The summed E-state index contributed by atoms with van der Waals surface area (Å²) in [5.74, 6) is -2.11. The van der Waals surface area contributed by atoms with E-state index in [2.05, 4.69) is 16.5 Å². The third-order valence-corrected chi connectivity index (χ3v) is 6.53. The lowest BCUT2D eigenvalue weighted by Gasteiger charge is -2.22. The Morgan fingerprint density at radius 2 is 2.00 bits per heavy atom. The van der Waals surface area contributed by atoms with Gasteiger partial charge in [0.15, 0.2) is 5.13 Å². The van der Waals surface area contributed by atoms with Crippen molar-refractivity contribution in [2.75, 3.05) is 18.1 Å². The Labute approximate surface area is 211 Å². The molecule has 1 N–H and O–H groups in total. The summed E-state index contributed by atoms with van der Waals surface area (Å²) >= 11 is 0.946. The normalized spacial score (nSPS) is 16.7. The van der Waals surface area contributed by atoms with Crippen molar-refractivity contribution in [3.8, 4) is 5.75 Å². The Balaban J connectivity index is 1.83. The average Bonchev–Trinajstić information content (AvgIpc) is 3.40. The number of aryl methyl sites for hydroxylation is 1. The van der Waals surface area contributed by atoms with Crippen molar-refractivity contribution in [1.29, 1.82) is 0 Å². The molecule has 1 saturated heterocycles. The molecule has 0 aliphatic carbocycles. The summed E-state index contributed by atoms with van der Waals surface area (Å²) in [6, 6.07) is 8.83. The molecule has 1 aliphatic heterocycles. The van der Waals surface area contributed by atoms with E-state index in [9.17, 15) is 19.5 Å². The van der Waals surface area contributed by atoms with E-state index in [4.69, 9.17) is 9.47 Å². The highest BCUT2D eigenvalue weighted by Gasteiger charge is 2.48. The second kappa shape index (κ2) is 10.5. The van der Waals surface area contributed by atoms with Crippen LogP contribution < -0.4 is 9.64 Å². The van der Waals surface area contributed by atoms with E-state index in [1.807, 2.05) is 0 Å². The van der Waals surface area contributed by atoms with Crippen LogP contribution in [-0.2, 0) is 14.3 Å². The fourth-order valence-corrected chi connectivity index (χ4v) is 4.76. The first-order valence-electron chi connectivity index (χ1n) is 11.1. The molecule has 10 heteroatoms. The second-order valence-corrected chi connectivity index (χ2v) is 8.69. The highest BCUT2D eigenvalue weighted by molar-refractivity contribution is 7.17. The molecule has 1 aliphatic rings. The zero-order chi connectivity index (χ0) is 25.8. The Kier molecular flexibility index (Phi) is 7.25. The molecule has 9 nitrogen and oxygen atoms in total. The van der Waals surface area contributed by atoms with Gasteiger partial charge in [-0.15, -0.1) is 0 Å². The Hall–Kier alpha value is -4.31. The fraction of sp³-hybridized carbons (Fsp3) is 0.192. The minimum atomic E-state index is -1.00. The molecule has 0 spiro atoms. The van der Waals surface area contributed by atoms with Crippen LogP contribution in [0.1, 0.15) is 39.5 Å². The van der Waals surface area contributed by atoms with Gasteiger partial charge < -0.3 is 14.6 Å². The van der Waals surface area contributed by atoms with Gasteiger partial charge in [0, 0.05) is 18.0 Å². The average molecular weight is 506 g/mol. The van der Waals surface area contributed by atoms with Crippen LogP contribution in [0.25, 0.3) is 5.76 Å². The van der Waals surface area contributed by atoms with E-state index in [1.165, 1.54) is 11.1 Å². The number of Topliss-reactive ketones (excluding diaryl/α,β-unsaturated/α-hetero) is 1. The molecule has 184 valence electrons. The van der Waals surface area contributed by atoms with Gasteiger partial charge in [0.1, 0.15) is 23.0 Å². The van der Waals surface area contributed by atoms with Gasteiger partial charge in [-0.05, 0) is 49.7 Å². The minimum absolute atomic E-state index is 0.113. The standard InChI is InChI=1S/C26H23N3O6S/c1-4-13-35-18-10-8-16(9-11-18)21(30)19-20(17-7-6-12-27-14-17)29(24(32)22(19)31)26-28-15(3)23(36-26)25(33)34-5-2/h4,6-12,14,20,30H,1,5,13H2,2-3H3/b21-19+/t20-/m0/s1. The number of ketones is 1. The highest BCUT2D eigenvalue weighted by atomic mass is 32.1. The Bertz CT molecular complexity index is 1350. The van der Waals surface area contributed by atoms with Crippen molar-refractivity contribution in [3.63, 3.8) is 0 Å². The summed E-state index contributed by atoms with van der Waals surface area (Å²) in [6.07, 6.45) is 4.68. The summed E-state index contributed by atoms with van der Waals surface area (Å²) in [4.78, 5) is 48.8. The second-order valence-electron chi connectivity index (χ2n) is 7.71. The molecule has 1 aromatic carbocycles. The molecule has 3 heterocycles. The number of pyridine rings is 1. The molecular weight excluding hydrogens is 482 g/mol. The number of esters is 1. The smallest absolute Gasteiger partial charge is 0.350 e. The summed E-state index contributed by atoms with van der Waals surface area (Å²) in [5.41, 5.74) is 1.08. The van der Waals surface area contributed by atoms with Crippen LogP contribution in [0.15, 0.2) is 67.0 Å². The molecule has 2 aromatic heterocycles. The first-order chi connectivity index (χ1) is 17.4. The number of carbonyl (C=O) groups is 3. The van der Waals surface area contributed by atoms with Crippen LogP contribution in [0.5, 0.6) is 5.75 Å². The third-order valence-electron chi connectivity index (χ3n) is 5.39. The van der Waals surface area contributed by atoms with Gasteiger partial charge in [-0.25, -0.2) is 9.78 Å². The van der Waals surface area contributed by atoms with E-state index in [0.717, 1.165) is 11.3 Å². The molecule has 36 heavy (non-hydrogen) atoms. The number of hydrogen-bond acceptors (Lipinski definition) is 9. The number of thiazole rings is 1. The number of aliphatic hydroxyl groups excluding tert-OH is 1. The number of amides is 1. The number of anilines is 1. The van der Waals surface area contributed by atoms with Gasteiger partial charge in [0.25, 0.3) is 5.78 Å². The predicted molar refractivity (Wildman–Crippen MR) is 134 cm³/mol. The Morgan fingerprint density at radius 1 is 1.25 bits per heavy atom. The van der Waals surface area contributed by atoms with E-state index in [1.54, 1.807) is 62.5 Å². The van der Waals surface area contributed by atoms with Crippen molar-refractivity contribution in [2.45, 2.75) is 19.9 Å². The zero-order valence-corrected chi connectivity index (χ0v) is 20.4. The largest absolute Gasteiger partial charge is 0.507 e. The van der Waals surface area contributed by atoms with Crippen molar-refractivity contribution in [3.05, 3.63) is 88.7 Å². The fourth-order valence-electron chi connectivity index (χ4n) is 3.77. The highest BCUT2D eigenvalue weighted by Crippen LogP contribution is 2.43. The maximum absolute atomic E-state index is 13.3. The van der Waals surface area contributed by atoms with Gasteiger partial charge >= 0.3 is 11.9 Å². The lowest BCUT2D eigenvalue weighted by atomic mass is 9.96. The summed E-state index contributed by atoms with van der Waals surface area (Å²) in [6.45, 7) is 7.42. The number of rotatable bonds is 8. The first-order valence-corrected chi connectivity index (χ1v) is 11.9. The number of hydrogen-bond donors (Lipinski definition) is 1. The van der Waals surface area contributed by atoms with Gasteiger partial charge in [-0.2, -0.15) is 0 Å². The summed E-state index contributed by atoms with van der Waals surface area (Å²) in [5, 5.41) is 11.3. The van der Waals surface area contributed by atoms with Crippen LogP contribution >= 0.6 is 11.3 Å². The van der Waals surface area contributed by atoms with Gasteiger partial charge in [0.05, 0.1) is 23.9 Å². The number of aliphatic hydroxyl groups is 1. The van der Waals surface area contributed by atoms with Gasteiger partial charge in [-0.3, -0.25) is 19.5 Å². The first kappa shape index (κ1) is 24.8. The topological polar surface area (TPSA) is 119 Å². The van der Waals surface area contributed by atoms with Crippen LogP contribution in [0.3, 0.4) is 0 Å². The van der Waals surface area contributed by atoms with E-state index in [-0.39, 0.29) is 27.9 Å². The molecule has 0 saturated carbocycles. The number of carbonyl (C=O) groups excluding carboxylic acids is 3. The lowest BCUT2D eigenvalue weighted by Crippen LogP contribution is -2.29.